The van der Waals surface area contributed by atoms with Crippen LogP contribution in [0.2, 0.25) is 0 Å². The molecule has 1 amide bonds. The van der Waals surface area contributed by atoms with Crippen molar-refractivity contribution < 1.29 is 4.79 Å². The number of nitrogens with zero attached hydrogens (tertiary/aromatic N) is 2. The number of amides is 1. The molecule has 4 nitrogen and oxygen atoms in total. The van der Waals surface area contributed by atoms with E-state index in [1.807, 2.05) is 19.9 Å². The summed E-state index contributed by atoms with van der Waals surface area (Å²) in [5, 5.41) is 0. The molecule has 1 heterocycles. The number of carbonyl (C=O) groups excluding carboxylic acids is 1. The van der Waals surface area contributed by atoms with Crippen molar-refractivity contribution >= 4 is 18.5 Å². The van der Waals surface area contributed by atoms with Crippen LogP contribution in [0.1, 0.15) is 21.7 Å². The quantitative estimate of drug-likeness (QED) is 0.812. The molecule has 92 valence electrons. The van der Waals surface area contributed by atoms with Gasteiger partial charge in [-0.2, -0.15) is 0 Å². The Hall–Kier alpha value is -1.88. The fraction of sp³-hybridized carbons (Fsp3) is 0.154. The SMILES string of the molecule is Cc1cc(C)nc(-c2ccc(C(N)=O)c(S)c2)n1. The Morgan fingerprint density at radius 3 is 2.28 bits per heavy atom. The van der Waals surface area contributed by atoms with Crippen LogP contribution in [0.4, 0.5) is 0 Å². The average Bonchev–Trinajstić information content (AvgIpc) is 2.26. The lowest BCUT2D eigenvalue weighted by Gasteiger charge is -2.06. The molecule has 0 spiro atoms. The summed E-state index contributed by atoms with van der Waals surface area (Å²) in [5.74, 6) is 0.131. The highest BCUT2D eigenvalue weighted by Crippen LogP contribution is 2.22. The predicted octanol–water partition coefficient (Wildman–Crippen LogP) is 2.15. The van der Waals surface area contributed by atoms with Gasteiger partial charge in [-0.3, -0.25) is 4.79 Å². The summed E-state index contributed by atoms with van der Waals surface area (Å²) in [5.41, 5.74) is 8.24. The second-order valence-electron chi connectivity index (χ2n) is 4.07. The molecule has 2 rings (SSSR count). The summed E-state index contributed by atoms with van der Waals surface area (Å²) in [4.78, 5) is 20.4. The maximum Gasteiger partial charge on any atom is 0.249 e. The van der Waals surface area contributed by atoms with Gasteiger partial charge in [0, 0.05) is 21.8 Å². The lowest BCUT2D eigenvalue weighted by molar-refractivity contribution is 0.0997. The molecule has 0 saturated heterocycles. The van der Waals surface area contributed by atoms with E-state index in [-0.39, 0.29) is 0 Å². The maximum absolute atomic E-state index is 11.1. The smallest absolute Gasteiger partial charge is 0.249 e. The topological polar surface area (TPSA) is 68.9 Å². The van der Waals surface area contributed by atoms with E-state index in [4.69, 9.17) is 5.73 Å². The highest BCUT2D eigenvalue weighted by atomic mass is 32.1. The minimum Gasteiger partial charge on any atom is -0.366 e. The van der Waals surface area contributed by atoms with Crippen molar-refractivity contribution in [3.8, 4) is 11.4 Å². The molecular weight excluding hydrogens is 246 g/mol. The number of aryl methyl sites for hydroxylation is 2. The molecule has 1 aromatic carbocycles. The molecule has 1 aromatic heterocycles. The first-order chi connectivity index (χ1) is 8.47. The summed E-state index contributed by atoms with van der Waals surface area (Å²) < 4.78 is 0. The van der Waals surface area contributed by atoms with Gasteiger partial charge in [0.05, 0.1) is 5.56 Å². The van der Waals surface area contributed by atoms with E-state index in [0.717, 1.165) is 17.0 Å². The van der Waals surface area contributed by atoms with Crippen LogP contribution in [-0.2, 0) is 0 Å². The third kappa shape index (κ3) is 2.51. The molecule has 0 bridgehead atoms. The minimum atomic E-state index is -0.493. The number of carbonyl (C=O) groups is 1. The maximum atomic E-state index is 11.1. The van der Waals surface area contributed by atoms with Crippen molar-refractivity contribution in [3.05, 3.63) is 41.2 Å². The van der Waals surface area contributed by atoms with Gasteiger partial charge in [-0.05, 0) is 32.0 Å². The van der Waals surface area contributed by atoms with Gasteiger partial charge >= 0.3 is 0 Å². The van der Waals surface area contributed by atoms with Crippen LogP contribution in [0.25, 0.3) is 11.4 Å². The van der Waals surface area contributed by atoms with Gasteiger partial charge in [0.25, 0.3) is 0 Å². The third-order valence-corrected chi connectivity index (χ3v) is 2.87. The predicted molar refractivity (Wildman–Crippen MR) is 72.7 cm³/mol. The van der Waals surface area contributed by atoms with Crippen LogP contribution in [0, 0.1) is 13.8 Å². The molecule has 0 fully saturated rings. The van der Waals surface area contributed by atoms with Crippen molar-refractivity contribution in [1.29, 1.82) is 0 Å². The largest absolute Gasteiger partial charge is 0.366 e. The Morgan fingerprint density at radius 2 is 1.78 bits per heavy atom. The lowest BCUT2D eigenvalue weighted by atomic mass is 10.1. The van der Waals surface area contributed by atoms with Crippen molar-refractivity contribution in [1.82, 2.24) is 9.97 Å². The molecule has 2 N–H and O–H groups in total. The Morgan fingerprint density at radius 1 is 1.17 bits per heavy atom. The first-order valence-corrected chi connectivity index (χ1v) is 5.87. The Labute approximate surface area is 111 Å². The monoisotopic (exact) mass is 259 g/mol. The normalized spacial score (nSPS) is 10.4. The number of hydrogen-bond donors (Lipinski definition) is 2. The number of thiol groups is 1. The van der Waals surface area contributed by atoms with E-state index in [9.17, 15) is 4.79 Å². The van der Waals surface area contributed by atoms with E-state index in [0.29, 0.717) is 16.3 Å². The molecule has 2 aromatic rings. The van der Waals surface area contributed by atoms with Crippen molar-refractivity contribution in [3.63, 3.8) is 0 Å². The number of benzene rings is 1. The molecule has 0 unspecified atom stereocenters. The van der Waals surface area contributed by atoms with E-state index >= 15 is 0 Å². The molecule has 0 radical (unpaired) electrons. The molecule has 5 heteroatoms. The molecule has 0 aliphatic carbocycles. The standard InChI is InChI=1S/C13H13N3OS/c1-7-5-8(2)16-13(15-7)9-3-4-10(12(14)17)11(18)6-9/h3-6,18H,1-2H3,(H2,14,17). The van der Waals surface area contributed by atoms with E-state index < -0.39 is 5.91 Å². The first-order valence-electron chi connectivity index (χ1n) is 5.43. The summed E-state index contributed by atoms with van der Waals surface area (Å²) >= 11 is 4.25. The van der Waals surface area contributed by atoms with Gasteiger partial charge in [0.1, 0.15) is 0 Å². The fourth-order valence-electron chi connectivity index (χ4n) is 1.73. The molecule has 0 aliphatic heterocycles. The minimum absolute atomic E-state index is 0.395. The number of rotatable bonds is 2. The molecule has 0 aliphatic rings. The van der Waals surface area contributed by atoms with Gasteiger partial charge in [-0.1, -0.05) is 6.07 Å². The number of nitrogens with two attached hydrogens (primary N) is 1. The van der Waals surface area contributed by atoms with E-state index in [1.54, 1.807) is 18.2 Å². The average molecular weight is 259 g/mol. The van der Waals surface area contributed by atoms with Crippen molar-refractivity contribution in [2.45, 2.75) is 18.7 Å². The highest BCUT2D eigenvalue weighted by Gasteiger charge is 2.09. The molecule has 0 atom stereocenters. The summed E-state index contributed by atoms with van der Waals surface area (Å²) in [6, 6.07) is 7.06. The zero-order valence-corrected chi connectivity index (χ0v) is 11.0. The zero-order valence-electron chi connectivity index (χ0n) is 10.1. The van der Waals surface area contributed by atoms with Gasteiger partial charge in [0.2, 0.25) is 5.91 Å². The van der Waals surface area contributed by atoms with Gasteiger partial charge in [-0.25, -0.2) is 9.97 Å². The van der Waals surface area contributed by atoms with Crippen LogP contribution in [0.15, 0.2) is 29.2 Å². The van der Waals surface area contributed by atoms with Gasteiger partial charge in [0.15, 0.2) is 5.82 Å². The number of aromatic nitrogens is 2. The van der Waals surface area contributed by atoms with E-state index in [1.165, 1.54) is 0 Å². The zero-order chi connectivity index (χ0) is 13.3. The van der Waals surface area contributed by atoms with Gasteiger partial charge in [-0.15, -0.1) is 12.6 Å². The van der Waals surface area contributed by atoms with E-state index in [2.05, 4.69) is 22.6 Å². The Kier molecular flexibility index (Phi) is 3.34. The second-order valence-corrected chi connectivity index (χ2v) is 4.55. The Bertz CT molecular complexity index is 605. The lowest BCUT2D eigenvalue weighted by Crippen LogP contribution is -2.11. The van der Waals surface area contributed by atoms with Crippen molar-refractivity contribution in [2.24, 2.45) is 5.73 Å². The molecular formula is C13H13N3OS. The summed E-state index contributed by atoms with van der Waals surface area (Å²) in [7, 11) is 0. The first kappa shape index (κ1) is 12.6. The van der Waals surface area contributed by atoms with Gasteiger partial charge < -0.3 is 5.73 Å². The highest BCUT2D eigenvalue weighted by molar-refractivity contribution is 7.80. The van der Waals surface area contributed by atoms with Crippen LogP contribution in [0.5, 0.6) is 0 Å². The number of primary amides is 1. The van der Waals surface area contributed by atoms with Crippen molar-refractivity contribution in [2.75, 3.05) is 0 Å². The van der Waals surface area contributed by atoms with Crippen LogP contribution >= 0.6 is 12.6 Å². The summed E-state index contributed by atoms with van der Waals surface area (Å²) in [6.45, 7) is 3.83. The van der Waals surface area contributed by atoms with Crippen LogP contribution in [-0.4, -0.2) is 15.9 Å². The van der Waals surface area contributed by atoms with Crippen LogP contribution in [0.3, 0.4) is 0 Å². The third-order valence-electron chi connectivity index (χ3n) is 2.50. The molecule has 18 heavy (non-hydrogen) atoms. The number of hydrogen-bond acceptors (Lipinski definition) is 4. The Balaban J connectivity index is 2.52. The fourth-order valence-corrected chi connectivity index (χ4v) is 2.06. The summed E-state index contributed by atoms with van der Waals surface area (Å²) in [6.07, 6.45) is 0. The molecule has 0 saturated carbocycles. The van der Waals surface area contributed by atoms with Crippen LogP contribution < -0.4 is 5.73 Å². The second kappa shape index (κ2) is 4.78.